The number of rotatable bonds is 14. The van der Waals surface area contributed by atoms with Crippen LogP contribution in [0.2, 0.25) is 0 Å². The molecule has 2 unspecified atom stereocenters. The monoisotopic (exact) mass is 508 g/mol. The first-order valence-electron chi connectivity index (χ1n) is 12.2. The minimum Gasteiger partial charge on any atom is -0.461 e. The van der Waals surface area contributed by atoms with Gasteiger partial charge < -0.3 is 14.4 Å². The van der Waals surface area contributed by atoms with Crippen molar-refractivity contribution >= 4 is 19.3 Å². The lowest BCUT2D eigenvalue weighted by Crippen LogP contribution is -2.23. The van der Waals surface area contributed by atoms with Crippen LogP contribution in [-0.4, -0.2) is 29.2 Å². The molecule has 1 N–H and O–H groups in total. The van der Waals surface area contributed by atoms with Crippen LogP contribution < -0.4 is 0 Å². The topological polar surface area (TPSA) is 89.9 Å². The van der Waals surface area contributed by atoms with E-state index in [1.165, 1.54) is 0 Å². The fourth-order valence-corrected chi connectivity index (χ4v) is 5.70. The predicted molar refractivity (Wildman–Crippen MR) is 140 cm³/mol. The van der Waals surface area contributed by atoms with Gasteiger partial charge in [-0.15, -0.1) is 0 Å². The molecule has 2 atom stereocenters. The third kappa shape index (κ3) is 10.2. The molecule has 0 radical (unpaired) electrons. The van der Waals surface area contributed by atoms with Gasteiger partial charge in [-0.25, -0.2) is 0 Å². The molecule has 0 fully saturated rings. The average Bonchev–Trinajstić information content (AvgIpc) is 2.90. The third-order valence-corrected chi connectivity index (χ3v) is 7.84. The Morgan fingerprint density at radius 3 is 1.81 bits per heavy atom. The fourth-order valence-electron chi connectivity index (χ4n) is 3.84. The van der Waals surface area contributed by atoms with Crippen LogP contribution in [0.1, 0.15) is 36.0 Å². The van der Waals surface area contributed by atoms with Crippen LogP contribution in [0, 0.1) is 5.92 Å². The molecule has 0 bridgehead atoms. The van der Waals surface area contributed by atoms with Crippen molar-refractivity contribution in [2.75, 3.05) is 12.3 Å². The molecular formula is C29H33O6P. The summed E-state index contributed by atoms with van der Waals surface area (Å²) in [5.74, 6) is -1.91. The second-order valence-corrected chi connectivity index (χ2v) is 11.3. The van der Waals surface area contributed by atoms with Crippen LogP contribution in [0.3, 0.4) is 0 Å². The quantitative estimate of drug-likeness (QED) is 0.220. The van der Waals surface area contributed by atoms with Gasteiger partial charge in [0.25, 0.3) is 0 Å². The summed E-state index contributed by atoms with van der Waals surface area (Å²) < 4.78 is 23.7. The smallest absolute Gasteiger partial charge is 0.309 e. The summed E-state index contributed by atoms with van der Waals surface area (Å²) in [5.41, 5.74) is 2.78. The van der Waals surface area contributed by atoms with E-state index >= 15 is 0 Å². The first-order valence-corrected chi connectivity index (χ1v) is 14.2. The summed E-state index contributed by atoms with van der Waals surface area (Å²) in [6.45, 7) is 0.207. The number of ether oxygens (including phenoxy) is 2. The predicted octanol–water partition coefficient (Wildman–Crippen LogP) is 5.77. The minimum atomic E-state index is -3.61. The zero-order chi connectivity index (χ0) is 25.6. The highest BCUT2D eigenvalue weighted by Crippen LogP contribution is 2.44. The van der Waals surface area contributed by atoms with Gasteiger partial charge in [0.05, 0.1) is 5.92 Å². The molecule has 36 heavy (non-hydrogen) atoms. The second kappa shape index (κ2) is 14.4. The molecule has 3 aromatic rings. The number of benzene rings is 3. The Labute approximate surface area is 212 Å². The molecular weight excluding hydrogens is 475 g/mol. The van der Waals surface area contributed by atoms with Crippen molar-refractivity contribution < 1.29 is 28.5 Å². The normalized spacial score (nSPS) is 13.4. The third-order valence-electron chi connectivity index (χ3n) is 5.82. The Bertz CT molecular complexity index is 1120. The maximum absolute atomic E-state index is 13.0. The molecule has 0 saturated carbocycles. The molecule has 0 amide bonds. The highest BCUT2D eigenvalue weighted by molar-refractivity contribution is 7.58. The molecule has 0 saturated heterocycles. The molecule has 190 valence electrons. The molecule has 3 rings (SSSR count). The van der Waals surface area contributed by atoms with Crippen LogP contribution in [0.5, 0.6) is 0 Å². The zero-order valence-electron chi connectivity index (χ0n) is 20.3. The lowest BCUT2D eigenvalue weighted by Gasteiger charge is -2.19. The van der Waals surface area contributed by atoms with Crippen molar-refractivity contribution in [3.8, 4) is 0 Å². The lowest BCUT2D eigenvalue weighted by molar-refractivity contribution is -0.150. The molecule has 0 spiro atoms. The number of hydrogen-bond acceptors (Lipinski definition) is 5. The average molecular weight is 509 g/mol. The highest BCUT2D eigenvalue weighted by atomic mass is 31.2. The Balaban J connectivity index is 1.55. The van der Waals surface area contributed by atoms with Gasteiger partial charge in [-0.05, 0) is 36.0 Å². The summed E-state index contributed by atoms with van der Waals surface area (Å²) in [5, 5.41) is 0. The zero-order valence-corrected chi connectivity index (χ0v) is 21.2. The summed E-state index contributed by atoms with van der Waals surface area (Å²) >= 11 is 0. The van der Waals surface area contributed by atoms with Gasteiger partial charge in [0.1, 0.15) is 13.2 Å². The van der Waals surface area contributed by atoms with Crippen molar-refractivity contribution in [3.63, 3.8) is 0 Å². The lowest BCUT2D eigenvalue weighted by atomic mass is 10.1. The SMILES string of the molecule is O=C(CCC(CP(=O)(O)CCCc1ccccc1)C(=O)OCc1ccccc1)OCc1ccccc1. The van der Waals surface area contributed by atoms with E-state index < -0.39 is 25.2 Å². The first kappa shape index (κ1) is 27.4. The number of hydrogen-bond donors (Lipinski definition) is 1. The maximum Gasteiger partial charge on any atom is 0.309 e. The Morgan fingerprint density at radius 1 is 0.750 bits per heavy atom. The van der Waals surface area contributed by atoms with Crippen LogP contribution in [0.25, 0.3) is 0 Å². The molecule has 0 aromatic heterocycles. The minimum absolute atomic E-state index is 0.0397. The van der Waals surface area contributed by atoms with Gasteiger partial charge >= 0.3 is 11.9 Å². The van der Waals surface area contributed by atoms with Gasteiger partial charge in [0.2, 0.25) is 7.37 Å². The second-order valence-electron chi connectivity index (χ2n) is 8.82. The highest BCUT2D eigenvalue weighted by Gasteiger charge is 2.30. The van der Waals surface area contributed by atoms with Crippen molar-refractivity contribution in [2.45, 2.75) is 38.9 Å². The van der Waals surface area contributed by atoms with Crippen LogP contribution in [0.4, 0.5) is 0 Å². The summed E-state index contributed by atoms with van der Waals surface area (Å²) in [7, 11) is -3.61. The van der Waals surface area contributed by atoms with E-state index in [-0.39, 0.29) is 38.4 Å². The Morgan fingerprint density at radius 2 is 1.25 bits per heavy atom. The first-order chi connectivity index (χ1) is 17.4. The summed E-state index contributed by atoms with van der Waals surface area (Å²) in [4.78, 5) is 35.8. The van der Waals surface area contributed by atoms with Gasteiger partial charge in [-0.2, -0.15) is 0 Å². The Kier molecular flexibility index (Phi) is 10.9. The molecule has 0 aliphatic carbocycles. The number of aryl methyl sites for hydroxylation is 1. The molecule has 0 aliphatic rings. The van der Waals surface area contributed by atoms with E-state index in [9.17, 15) is 19.0 Å². The number of esters is 2. The van der Waals surface area contributed by atoms with Gasteiger partial charge in [0.15, 0.2) is 0 Å². The van der Waals surface area contributed by atoms with E-state index in [4.69, 9.17) is 9.47 Å². The molecule has 6 nitrogen and oxygen atoms in total. The van der Waals surface area contributed by atoms with Crippen molar-refractivity contribution in [1.82, 2.24) is 0 Å². The van der Waals surface area contributed by atoms with Crippen LogP contribution in [-0.2, 0) is 43.3 Å². The van der Waals surface area contributed by atoms with Crippen LogP contribution >= 0.6 is 7.37 Å². The van der Waals surface area contributed by atoms with E-state index in [0.29, 0.717) is 12.8 Å². The van der Waals surface area contributed by atoms with Gasteiger partial charge in [-0.3, -0.25) is 14.2 Å². The van der Waals surface area contributed by atoms with E-state index in [0.717, 1.165) is 16.7 Å². The molecule has 0 heterocycles. The van der Waals surface area contributed by atoms with E-state index in [1.807, 2.05) is 91.0 Å². The Hall–Kier alpha value is -3.21. The molecule has 3 aromatic carbocycles. The largest absolute Gasteiger partial charge is 0.461 e. The number of carbonyl (C=O) groups excluding carboxylic acids is 2. The van der Waals surface area contributed by atoms with E-state index in [1.54, 1.807) is 0 Å². The molecule has 0 aliphatic heterocycles. The van der Waals surface area contributed by atoms with Crippen molar-refractivity contribution in [3.05, 3.63) is 108 Å². The van der Waals surface area contributed by atoms with E-state index in [2.05, 4.69) is 0 Å². The number of carbonyl (C=O) groups is 2. The van der Waals surface area contributed by atoms with Crippen molar-refractivity contribution in [1.29, 1.82) is 0 Å². The summed E-state index contributed by atoms with van der Waals surface area (Å²) in [6, 6.07) is 28.3. The van der Waals surface area contributed by atoms with Gasteiger partial charge in [-0.1, -0.05) is 91.0 Å². The summed E-state index contributed by atoms with van der Waals surface area (Å²) in [6.07, 6.45) is 1.14. The van der Waals surface area contributed by atoms with Gasteiger partial charge in [0, 0.05) is 18.7 Å². The fraction of sp³-hybridized carbons (Fsp3) is 0.310. The standard InChI is InChI=1S/C29H33O6P/c30-28(34-21-25-13-6-2-7-14-25)19-18-27(29(31)35-22-26-15-8-3-9-16-26)23-36(32,33)20-10-17-24-11-4-1-5-12-24/h1-9,11-16,27H,10,17-23H2,(H,32,33). The van der Waals surface area contributed by atoms with Crippen molar-refractivity contribution in [2.24, 2.45) is 5.92 Å². The van der Waals surface area contributed by atoms with Crippen LogP contribution in [0.15, 0.2) is 91.0 Å². The maximum atomic E-state index is 13.0. The molecule has 7 heteroatoms.